The number of benzene rings is 1. The Morgan fingerprint density at radius 2 is 1.80 bits per heavy atom. The van der Waals surface area contributed by atoms with Gasteiger partial charge in [0.25, 0.3) is 0 Å². The predicted molar refractivity (Wildman–Crippen MR) is 79.7 cm³/mol. The molecular formula is C16H23NO3. The molecule has 1 aromatic rings. The van der Waals surface area contributed by atoms with Gasteiger partial charge in [0, 0.05) is 24.1 Å². The Balaban J connectivity index is 2.90. The first-order chi connectivity index (χ1) is 9.47. The summed E-state index contributed by atoms with van der Waals surface area (Å²) in [6, 6.07) is 9.56. The van der Waals surface area contributed by atoms with E-state index in [0.29, 0.717) is 12.8 Å². The fourth-order valence-electron chi connectivity index (χ4n) is 2.27. The standard InChI is InChI=1S/C16H23NO3/c1-4-13(10-11-15(18)19)16(20)17(12(2)3)14-8-6-5-7-9-14/h5-9,12-13H,4,10-11H2,1-3H3,(H,18,19). The molecule has 1 unspecified atom stereocenters. The molecule has 1 amide bonds. The minimum absolute atomic E-state index is 0.00921. The summed E-state index contributed by atoms with van der Waals surface area (Å²) in [4.78, 5) is 25.1. The van der Waals surface area contributed by atoms with E-state index in [1.165, 1.54) is 0 Å². The quantitative estimate of drug-likeness (QED) is 0.831. The number of hydrogen-bond acceptors (Lipinski definition) is 2. The normalized spacial score (nSPS) is 12.2. The molecule has 0 aliphatic carbocycles. The molecule has 1 atom stereocenters. The van der Waals surface area contributed by atoms with Gasteiger partial charge >= 0.3 is 5.97 Å². The first kappa shape index (κ1) is 16.2. The van der Waals surface area contributed by atoms with Crippen molar-refractivity contribution in [1.82, 2.24) is 0 Å². The average Bonchev–Trinajstić information content (AvgIpc) is 2.40. The van der Waals surface area contributed by atoms with E-state index in [4.69, 9.17) is 5.11 Å². The minimum atomic E-state index is -0.855. The second-order valence-electron chi connectivity index (χ2n) is 5.18. The number of carbonyl (C=O) groups excluding carboxylic acids is 1. The van der Waals surface area contributed by atoms with Gasteiger partial charge in [0.15, 0.2) is 0 Å². The highest BCUT2D eigenvalue weighted by Gasteiger charge is 2.26. The van der Waals surface area contributed by atoms with Crippen LogP contribution in [0.5, 0.6) is 0 Å². The second-order valence-corrected chi connectivity index (χ2v) is 5.18. The fraction of sp³-hybridized carbons (Fsp3) is 0.500. The van der Waals surface area contributed by atoms with Crippen LogP contribution in [0.25, 0.3) is 0 Å². The Kier molecular flexibility index (Phi) is 6.22. The Morgan fingerprint density at radius 3 is 2.25 bits per heavy atom. The minimum Gasteiger partial charge on any atom is -0.481 e. The number of carboxylic acid groups (broad SMARTS) is 1. The summed E-state index contributed by atoms with van der Waals surface area (Å²) >= 11 is 0. The summed E-state index contributed by atoms with van der Waals surface area (Å²) in [5, 5.41) is 8.78. The summed E-state index contributed by atoms with van der Waals surface area (Å²) < 4.78 is 0. The Labute approximate surface area is 120 Å². The molecule has 1 N–H and O–H groups in total. The molecule has 0 heterocycles. The van der Waals surface area contributed by atoms with E-state index in [0.717, 1.165) is 5.69 Å². The third-order valence-corrected chi connectivity index (χ3v) is 3.34. The van der Waals surface area contributed by atoms with Gasteiger partial charge in [-0.3, -0.25) is 9.59 Å². The van der Waals surface area contributed by atoms with Gasteiger partial charge in [-0.2, -0.15) is 0 Å². The van der Waals surface area contributed by atoms with Crippen molar-refractivity contribution >= 4 is 17.6 Å². The zero-order valence-electron chi connectivity index (χ0n) is 12.4. The summed E-state index contributed by atoms with van der Waals surface area (Å²) in [5.74, 6) is -1.09. The number of hydrogen-bond donors (Lipinski definition) is 1. The number of para-hydroxylation sites is 1. The van der Waals surface area contributed by atoms with Crippen LogP contribution in [-0.4, -0.2) is 23.0 Å². The lowest BCUT2D eigenvalue weighted by molar-refractivity contribution is -0.137. The van der Waals surface area contributed by atoms with Crippen molar-refractivity contribution < 1.29 is 14.7 Å². The molecule has 1 rings (SSSR count). The van der Waals surface area contributed by atoms with Gasteiger partial charge in [-0.25, -0.2) is 0 Å². The molecule has 0 aromatic heterocycles. The molecule has 0 aliphatic rings. The largest absolute Gasteiger partial charge is 0.481 e. The average molecular weight is 277 g/mol. The van der Waals surface area contributed by atoms with Gasteiger partial charge in [0.2, 0.25) is 5.91 Å². The van der Waals surface area contributed by atoms with E-state index >= 15 is 0 Å². The molecule has 0 bridgehead atoms. The Bertz CT molecular complexity index is 442. The van der Waals surface area contributed by atoms with Gasteiger partial charge < -0.3 is 10.0 Å². The van der Waals surface area contributed by atoms with Crippen LogP contribution in [0, 0.1) is 5.92 Å². The molecule has 20 heavy (non-hydrogen) atoms. The van der Waals surface area contributed by atoms with Crippen molar-refractivity contribution in [2.45, 2.75) is 46.1 Å². The van der Waals surface area contributed by atoms with Crippen molar-refractivity contribution in [3.63, 3.8) is 0 Å². The fourth-order valence-corrected chi connectivity index (χ4v) is 2.27. The van der Waals surface area contributed by atoms with E-state index < -0.39 is 5.97 Å². The molecule has 0 saturated heterocycles. The molecule has 110 valence electrons. The molecule has 0 fully saturated rings. The van der Waals surface area contributed by atoms with Crippen molar-refractivity contribution in [1.29, 1.82) is 0 Å². The van der Waals surface area contributed by atoms with Crippen LogP contribution >= 0.6 is 0 Å². The molecule has 0 radical (unpaired) electrons. The first-order valence-corrected chi connectivity index (χ1v) is 7.07. The highest BCUT2D eigenvalue weighted by molar-refractivity contribution is 5.95. The van der Waals surface area contributed by atoms with E-state index in [1.807, 2.05) is 51.1 Å². The van der Waals surface area contributed by atoms with Crippen molar-refractivity contribution in [3.8, 4) is 0 Å². The zero-order chi connectivity index (χ0) is 15.1. The summed E-state index contributed by atoms with van der Waals surface area (Å²) in [6.07, 6.45) is 1.08. The van der Waals surface area contributed by atoms with Crippen molar-refractivity contribution in [2.24, 2.45) is 5.92 Å². The number of amides is 1. The van der Waals surface area contributed by atoms with Crippen LogP contribution < -0.4 is 4.90 Å². The molecule has 1 aromatic carbocycles. The van der Waals surface area contributed by atoms with Gasteiger partial charge in [0.05, 0.1) is 0 Å². The number of rotatable bonds is 7. The van der Waals surface area contributed by atoms with E-state index in [1.54, 1.807) is 4.90 Å². The van der Waals surface area contributed by atoms with Crippen LogP contribution in [0.3, 0.4) is 0 Å². The monoisotopic (exact) mass is 277 g/mol. The topological polar surface area (TPSA) is 57.6 Å². The predicted octanol–water partition coefficient (Wildman–Crippen LogP) is 3.32. The van der Waals surface area contributed by atoms with E-state index in [-0.39, 0.29) is 24.3 Å². The summed E-state index contributed by atoms with van der Waals surface area (Å²) in [5.41, 5.74) is 0.862. The van der Waals surface area contributed by atoms with Crippen molar-refractivity contribution in [3.05, 3.63) is 30.3 Å². The number of nitrogens with zero attached hydrogens (tertiary/aromatic N) is 1. The SMILES string of the molecule is CCC(CCC(=O)O)C(=O)N(c1ccccc1)C(C)C. The maximum atomic E-state index is 12.7. The van der Waals surface area contributed by atoms with Crippen LogP contribution in [0.4, 0.5) is 5.69 Å². The van der Waals surface area contributed by atoms with Gasteiger partial charge in [-0.05, 0) is 38.8 Å². The van der Waals surface area contributed by atoms with Crippen LogP contribution in [0.2, 0.25) is 0 Å². The third kappa shape index (κ3) is 4.37. The molecule has 4 nitrogen and oxygen atoms in total. The van der Waals surface area contributed by atoms with Crippen LogP contribution in [0.1, 0.15) is 40.0 Å². The molecule has 0 saturated carbocycles. The lowest BCUT2D eigenvalue weighted by Crippen LogP contribution is -2.41. The number of carboxylic acids is 1. The molecule has 0 spiro atoms. The second kappa shape index (κ2) is 7.68. The Morgan fingerprint density at radius 1 is 1.20 bits per heavy atom. The zero-order valence-corrected chi connectivity index (χ0v) is 12.4. The first-order valence-electron chi connectivity index (χ1n) is 7.07. The van der Waals surface area contributed by atoms with Gasteiger partial charge in [-0.1, -0.05) is 25.1 Å². The maximum absolute atomic E-state index is 12.7. The summed E-state index contributed by atoms with van der Waals surface area (Å²) in [7, 11) is 0. The van der Waals surface area contributed by atoms with Crippen molar-refractivity contribution in [2.75, 3.05) is 4.90 Å². The van der Waals surface area contributed by atoms with Crippen LogP contribution in [-0.2, 0) is 9.59 Å². The maximum Gasteiger partial charge on any atom is 0.303 e. The number of carbonyl (C=O) groups is 2. The molecular weight excluding hydrogens is 254 g/mol. The van der Waals surface area contributed by atoms with Crippen LogP contribution in [0.15, 0.2) is 30.3 Å². The molecule has 0 aliphatic heterocycles. The van der Waals surface area contributed by atoms with E-state index in [9.17, 15) is 9.59 Å². The number of aliphatic carboxylic acids is 1. The van der Waals surface area contributed by atoms with Gasteiger partial charge in [-0.15, -0.1) is 0 Å². The third-order valence-electron chi connectivity index (χ3n) is 3.34. The number of anilines is 1. The summed E-state index contributed by atoms with van der Waals surface area (Å²) in [6.45, 7) is 5.86. The van der Waals surface area contributed by atoms with E-state index in [2.05, 4.69) is 0 Å². The highest BCUT2D eigenvalue weighted by atomic mass is 16.4. The van der Waals surface area contributed by atoms with Gasteiger partial charge in [0.1, 0.15) is 0 Å². The smallest absolute Gasteiger partial charge is 0.303 e. The lowest BCUT2D eigenvalue weighted by atomic mass is 9.97. The Hall–Kier alpha value is -1.84. The highest BCUT2D eigenvalue weighted by Crippen LogP contribution is 2.23. The molecule has 4 heteroatoms. The lowest BCUT2D eigenvalue weighted by Gasteiger charge is -2.30.